The average molecular weight is 316 g/mol. The van der Waals surface area contributed by atoms with Crippen molar-refractivity contribution >= 4 is 35.1 Å². The minimum absolute atomic E-state index is 0.0239. The zero-order valence-corrected chi connectivity index (χ0v) is 12.7. The summed E-state index contributed by atoms with van der Waals surface area (Å²) in [6.45, 7) is 4.23. The predicted molar refractivity (Wildman–Crippen MR) is 77.1 cm³/mol. The van der Waals surface area contributed by atoms with Gasteiger partial charge in [0, 0.05) is 24.0 Å². The van der Waals surface area contributed by atoms with Gasteiger partial charge in [0.05, 0.1) is 10.9 Å². The van der Waals surface area contributed by atoms with E-state index in [2.05, 4.69) is 0 Å². The first kappa shape index (κ1) is 15.1. The number of hydrogen-bond donors (Lipinski definition) is 0. The molecular weight excluding hydrogens is 301 g/mol. The Bertz CT molecular complexity index is 545. The molecule has 2 rings (SSSR count). The fourth-order valence-corrected chi connectivity index (χ4v) is 2.59. The van der Waals surface area contributed by atoms with E-state index in [0.717, 1.165) is 0 Å². The number of hydrogen-bond acceptors (Lipinski definition) is 3. The second kappa shape index (κ2) is 6.02. The molecule has 0 spiro atoms. The molecule has 0 aromatic heterocycles. The van der Waals surface area contributed by atoms with E-state index in [-0.39, 0.29) is 29.1 Å². The molecule has 4 nitrogen and oxygen atoms in total. The van der Waals surface area contributed by atoms with Gasteiger partial charge < -0.3 is 9.64 Å². The smallest absolute Gasteiger partial charge is 0.316 e. The van der Waals surface area contributed by atoms with Crippen LogP contribution in [0, 0.1) is 5.92 Å². The molecule has 1 aromatic carbocycles. The number of likely N-dealkylation sites (tertiary alicyclic amines) is 1. The van der Waals surface area contributed by atoms with Crippen molar-refractivity contribution in [2.45, 2.75) is 26.3 Å². The van der Waals surface area contributed by atoms with Crippen LogP contribution < -0.4 is 4.74 Å². The van der Waals surface area contributed by atoms with Crippen LogP contribution in [0.1, 0.15) is 20.3 Å². The fourth-order valence-electron chi connectivity index (χ4n) is 2.14. The van der Waals surface area contributed by atoms with E-state index in [0.29, 0.717) is 11.6 Å². The van der Waals surface area contributed by atoms with Gasteiger partial charge in [-0.25, -0.2) is 0 Å². The van der Waals surface area contributed by atoms with Crippen molar-refractivity contribution in [3.8, 4) is 5.75 Å². The zero-order chi connectivity index (χ0) is 14.9. The number of esters is 1. The van der Waals surface area contributed by atoms with Crippen molar-refractivity contribution in [3.63, 3.8) is 0 Å². The summed E-state index contributed by atoms with van der Waals surface area (Å²) in [6, 6.07) is 4.72. The third kappa shape index (κ3) is 3.25. The second-order valence-corrected chi connectivity index (χ2v) is 5.88. The highest BCUT2D eigenvalue weighted by Crippen LogP contribution is 2.29. The Labute approximate surface area is 127 Å². The second-order valence-electron chi connectivity index (χ2n) is 5.04. The van der Waals surface area contributed by atoms with Gasteiger partial charge in [0.25, 0.3) is 0 Å². The molecule has 1 aliphatic heterocycles. The molecule has 1 amide bonds. The van der Waals surface area contributed by atoms with Gasteiger partial charge >= 0.3 is 5.97 Å². The Balaban J connectivity index is 2.04. The summed E-state index contributed by atoms with van der Waals surface area (Å²) < 4.78 is 5.25. The highest BCUT2D eigenvalue weighted by Gasteiger charge is 2.36. The summed E-state index contributed by atoms with van der Waals surface area (Å²) in [5.74, 6) is -0.650. The molecule has 1 aromatic rings. The predicted octanol–water partition coefficient (Wildman–Crippen LogP) is 3.16. The minimum Gasteiger partial charge on any atom is -0.425 e. The maximum absolute atomic E-state index is 12.1. The summed E-state index contributed by atoms with van der Waals surface area (Å²) in [7, 11) is 0. The van der Waals surface area contributed by atoms with Crippen molar-refractivity contribution in [2.24, 2.45) is 5.92 Å². The van der Waals surface area contributed by atoms with E-state index in [1.807, 2.05) is 13.8 Å². The summed E-state index contributed by atoms with van der Waals surface area (Å²) in [4.78, 5) is 25.5. The van der Waals surface area contributed by atoms with Crippen LogP contribution in [0.5, 0.6) is 5.75 Å². The summed E-state index contributed by atoms with van der Waals surface area (Å²) in [6.07, 6.45) is 0.183. The Hall–Kier alpha value is -1.26. The van der Waals surface area contributed by atoms with Crippen molar-refractivity contribution < 1.29 is 14.3 Å². The normalized spacial score (nSPS) is 18.8. The molecule has 0 bridgehead atoms. The number of carbonyl (C=O) groups is 2. The quantitative estimate of drug-likeness (QED) is 0.636. The van der Waals surface area contributed by atoms with Crippen LogP contribution in [0.2, 0.25) is 10.0 Å². The number of carbonyl (C=O) groups excluding carboxylic acids is 2. The molecule has 0 saturated carbocycles. The topological polar surface area (TPSA) is 46.6 Å². The van der Waals surface area contributed by atoms with Crippen LogP contribution >= 0.6 is 23.2 Å². The van der Waals surface area contributed by atoms with E-state index in [4.69, 9.17) is 27.9 Å². The Morgan fingerprint density at radius 2 is 2.10 bits per heavy atom. The molecule has 1 aliphatic rings. The maximum atomic E-state index is 12.1. The SMILES string of the molecule is CC(C)N1CC(C(=O)Oc2ccc(Cl)cc2Cl)CC1=O. The van der Waals surface area contributed by atoms with Crippen molar-refractivity contribution in [3.05, 3.63) is 28.2 Å². The van der Waals surface area contributed by atoms with Crippen LogP contribution in [0.3, 0.4) is 0 Å². The molecule has 108 valence electrons. The van der Waals surface area contributed by atoms with Crippen LogP contribution in [-0.4, -0.2) is 29.4 Å². The summed E-state index contributed by atoms with van der Waals surface area (Å²) in [5, 5.41) is 0.743. The number of benzene rings is 1. The molecule has 1 fully saturated rings. The van der Waals surface area contributed by atoms with Crippen molar-refractivity contribution in [2.75, 3.05) is 6.54 Å². The van der Waals surface area contributed by atoms with Gasteiger partial charge in [-0.1, -0.05) is 23.2 Å². The van der Waals surface area contributed by atoms with Gasteiger partial charge in [0.2, 0.25) is 5.91 Å². The number of amides is 1. The number of nitrogens with zero attached hydrogens (tertiary/aromatic N) is 1. The molecule has 1 heterocycles. The fraction of sp³-hybridized carbons (Fsp3) is 0.429. The zero-order valence-electron chi connectivity index (χ0n) is 11.2. The number of rotatable bonds is 3. The molecule has 20 heavy (non-hydrogen) atoms. The lowest BCUT2D eigenvalue weighted by Crippen LogP contribution is -2.33. The van der Waals surface area contributed by atoms with Gasteiger partial charge in [-0.3, -0.25) is 9.59 Å². The Morgan fingerprint density at radius 3 is 2.65 bits per heavy atom. The van der Waals surface area contributed by atoms with Crippen LogP contribution in [0.25, 0.3) is 0 Å². The number of ether oxygens (including phenoxy) is 1. The maximum Gasteiger partial charge on any atom is 0.316 e. The van der Waals surface area contributed by atoms with Gasteiger partial charge in [-0.2, -0.15) is 0 Å². The van der Waals surface area contributed by atoms with Gasteiger partial charge in [0.15, 0.2) is 0 Å². The van der Waals surface area contributed by atoms with Crippen LogP contribution in [0.15, 0.2) is 18.2 Å². The molecule has 1 atom stereocenters. The van der Waals surface area contributed by atoms with Crippen molar-refractivity contribution in [1.82, 2.24) is 4.90 Å². The first-order valence-corrected chi connectivity index (χ1v) is 7.10. The minimum atomic E-state index is -0.448. The third-order valence-electron chi connectivity index (χ3n) is 3.22. The summed E-state index contributed by atoms with van der Waals surface area (Å²) in [5.41, 5.74) is 0. The molecular formula is C14H15Cl2NO3. The first-order chi connectivity index (χ1) is 9.38. The lowest BCUT2D eigenvalue weighted by atomic mass is 10.1. The lowest BCUT2D eigenvalue weighted by molar-refractivity contribution is -0.139. The molecule has 0 aliphatic carbocycles. The largest absolute Gasteiger partial charge is 0.425 e. The Kier molecular flexibility index (Phi) is 4.55. The van der Waals surface area contributed by atoms with Crippen LogP contribution in [0.4, 0.5) is 0 Å². The van der Waals surface area contributed by atoms with Crippen molar-refractivity contribution in [1.29, 1.82) is 0 Å². The molecule has 1 unspecified atom stereocenters. The molecule has 1 saturated heterocycles. The average Bonchev–Trinajstić information content (AvgIpc) is 2.75. The monoisotopic (exact) mass is 315 g/mol. The van der Waals surface area contributed by atoms with Gasteiger partial charge in [-0.15, -0.1) is 0 Å². The van der Waals surface area contributed by atoms with E-state index in [9.17, 15) is 9.59 Å². The van der Waals surface area contributed by atoms with E-state index in [1.165, 1.54) is 6.07 Å². The van der Waals surface area contributed by atoms with Gasteiger partial charge in [0.1, 0.15) is 5.75 Å². The summed E-state index contributed by atoms with van der Waals surface area (Å²) >= 11 is 11.7. The Morgan fingerprint density at radius 1 is 1.40 bits per heavy atom. The first-order valence-electron chi connectivity index (χ1n) is 6.34. The molecule has 6 heteroatoms. The van der Waals surface area contributed by atoms with E-state index >= 15 is 0 Å². The number of halogens is 2. The van der Waals surface area contributed by atoms with Crippen LogP contribution in [-0.2, 0) is 9.59 Å². The van der Waals surface area contributed by atoms with E-state index < -0.39 is 11.9 Å². The highest BCUT2D eigenvalue weighted by atomic mass is 35.5. The molecule has 0 radical (unpaired) electrons. The van der Waals surface area contributed by atoms with Gasteiger partial charge in [-0.05, 0) is 32.0 Å². The van der Waals surface area contributed by atoms with E-state index in [1.54, 1.807) is 17.0 Å². The third-order valence-corrected chi connectivity index (χ3v) is 3.75. The standard InChI is InChI=1S/C14H15Cl2NO3/c1-8(2)17-7-9(5-13(17)18)14(19)20-12-4-3-10(15)6-11(12)16/h3-4,6,8-9H,5,7H2,1-2H3. The molecule has 0 N–H and O–H groups in total. The lowest BCUT2D eigenvalue weighted by Gasteiger charge is -2.20. The highest BCUT2D eigenvalue weighted by molar-refractivity contribution is 6.35.